The minimum Gasteiger partial charge on any atom is -0.490 e. The van der Waals surface area contributed by atoms with E-state index in [1.54, 1.807) is 40.1 Å². The van der Waals surface area contributed by atoms with Gasteiger partial charge in [-0.25, -0.2) is 0 Å². The third-order valence-corrected chi connectivity index (χ3v) is 5.90. The lowest BCUT2D eigenvalue weighted by atomic mass is 10.1. The van der Waals surface area contributed by atoms with Crippen molar-refractivity contribution in [1.82, 2.24) is 9.80 Å². The van der Waals surface area contributed by atoms with Gasteiger partial charge in [-0.05, 0) is 24.3 Å². The normalized spacial score (nSPS) is 17.0. The van der Waals surface area contributed by atoms with Crippen LogP contribution in [0.5, 0.6) is 17.2 Å². The summed E-state index contributed by atoms with van der Waals surface area (Å²) in [4.78, 5) is 28.9. The van der Waals surface area contributed by atoms with Gasteiger partial charge in [-0.2, -0.15) is 0 Å². The molecule has 0 N–H and O–H groups in total. The van der Waals surface area contributed by atoms with Crippen molar-refractivity contribution < 1.29 is 41.7 Å². The van der Waals surface area contributed by atoms with Crippen molar-refractivity contribution >= 4 is 11.8 Å². The highest BCUT2D eigenvalue weighted by molar-refractivity contribution is 5.97. The van der Waals surface area contributed by atoms with Crippen molar-refractivity contribution in [1.29, 1.82) is 0 Å². The molecule has 0 aromatic heterocycles. The number of carbonyl (C=O) groups excluding carboxylic acids is 2. The van der Waals surface area contributed by atoms with E-state index in [-0.39, 0.29) is 36.0 Å². The number of halogens is 3. The molecule has 2 saturated heterocycles. The molecule has 0 atom stereocenters. The number of morpholine rings is 1. The molecule has 8 nitrogen and oxygen atoms in total. The summed E-state index contributed by atoms with van der Waals surface area (Å²) >= 11 is 0. The van der Waals surface area contributed by atoms with E-state index < -0.39 is 6.36 Å². The summed E-state index contributed by atoms with van der Waals surface area (Å²) in [5, 5.41) is 0. The van der Waals surface area contributed by atoms with Crippen molar-refractivity contribution in [3.63, 3.8) is 0 Å². The highest BCUT2D eigenvalue weighted by Crippen LogP contribution is 2.28. The third-order valence-electron chi connectivity index (χ3n) is 5.90. The number of benzene rings is 2. The Morgan fingerprint density at radius 2 is 1.61 bits per heavy atom. The van der Waals surface area contributed by atoms with Crippen LogP contribution in [0.2, 0.25) is 0 Å². The second-order valence-electron chi connectivity index (χ2n) is 8.41. The third kappa shape index (κ3) is 7.03. The van der Waals surface area contributed by atoms with E-state index in [0.29, 0.717) is 63.5 Å². The fraction of sp³-hybridized carbons (Fsp3) is 0.440. The van der Waals surface area contributed by atoms with E-state index in [4.69, 9.17) is 14.2 Å². The van der Waals surface area contributed by atoms with E-state index >= 15 is 0 Å². The largest absolute Gasteiger partial charge is 0.573 e. The summed E-state index contributed by atoms with van der Waals surface area (Å²) in [6, 6.07) is 12.2. The molecule has 0 aliphatic carbocycles. The number of nitrogens with zero attached hydrogens (tertiary/aromatic N) is 2. The first-order chi connectivity index (χ1) is 17.3. The second-order valence-corrected chi connectivity index (χ2v) is 8.41. The van der Waals surface area contributed by atoms with Gasteiger partial charge in [0.1, 0.15) is 23.4 Å². The predicted molar refractivity (Wildman–Crippen MR) is 122 cm³/mol. The monoisotopic (exact) mass is 508 g/mol. The molecule has 0 radical (unpaired) electrons. The minimum atomic E-state index is -4.78. The van der Waals surface area contributed by atoms with Gasteiger partial charge in [-0.1, -0.05) is 18.2 Å². The maximum atomic E-state index is 13.2. The molecular weight excluding hydrogens is 481 g/mol. The smallest absolute Gasteiger partial charge is 0.490 e. The molecule has 0 unspecified atom stereocenters. The summed E-state index contributed by atoms with van der Waals surface area (Å²) in [6.07, 6.45) is -4.02. The zero-order valence-electron chi connectivity index (χ0n) is 19.5. The van der Waals surface area contributed by atoms with Gasteiger partial charge in [0.2, 0.25) is 0 Å². The van der Waals surface area contributed by atoms with E-state index in [0.717, 1.165) is 0 Å². The molecule has 2 aliphatic heterocycles. The first-order valence-electron chi connectivity index (χ1n) is 11.7. The predicted octanol–water partition coefficient (Wildman–Crippen LogP) is 3.51. The SMILES string of the molecule is O=C(COc1ccccc1C(=O)N1CCC(Oc2cccc(OC(F)(F)F)c2)CC1)N1CCOCC1. The van der Waals surface area contributed by atoms with Crippen molar-refractivity contribution in [2.24, 2.45) is 0 Å². The van der Waals surface area contributed by atoms with Gasteiger partial charge in [0.25, 0.3) is 11.8 Å². The Labute approximate surface area is 206 Å². The summed E-state index contributed by atoms with van der Waals surface area (Å²) in [6.45, 7) is 2.66. The Kier molecular flexibility index (Phi) is 8.19. The maximum Gasteiger partial charge on any atom is 0.573 e. The van der Waals surface area contributed by atoms with Crippen molar-refractivity contribution in [2.75, 3.05) is 46.0 Å². The molecule has 2 fully saturated rings. The number of para-hydroxylation sites is 1. The highest BCUT2D eigenvalue weighted by atomic mass is 19.4. The number of piperidine rings is 1. The van der Waals surface area contributed by atoms with Gasteiger partial charge in [0.15, 0.2) is 6.61 Å². The molecule has 2 aromatic carbocycles. The number of ether oxygens (including phenoxy) is 4. The molecule has 2 aromatic rings. The zero-order chi connectivity index (χ0) is 25.5. The number of hydrogen-bond donors (Lipinski definition) is 0. The molecule has 11 heteroatoms. The van der Waals surface area contributed by atoms with E-state index in [1.165, 1.54) is 18.2 Å². The molecule has 0 bridgehead atoms. The number of rotatable bonds is 7. The fourth-order valence-corrected chi connectivity index (χ4v) is 4.10. The quantitative estimate of drug-likeness (QED) is 0.570. The lowest BCUT2D eigenvalue weighted by Crippen LogP contribution is -2.43. The van der Waals surface area contributed by atoms with Crippen LogP contribution >= 0.6 is 0 Å². The van der Waals surface area contributed by atoms with Crippen LogP contribution in [0.25, 0.3) is 0 Å². The van der Waals surface area contributed by atoms with Crippen LogP contribution in [0.1, 0.15) is 23.2 Å². The van der Waals surface area contributed by atoms with Crippen molar-refractivity contribution in [3.05, 3.63) is 54.1 Å². The standard InChI is InChI=1S/C25H27F3N2O6/c26-25(27,28)36-20-5-3-4-19(16-20)35-18-8-10-30(11-9-18)24(32)21-6-1-2-7-22(21)34-17-23(31)29-12-14-33-15-13-29/h1-7,16,18H,8-15,17H2. The Bertz CT molecular complexity index is 1050. The molecule has 0 spiro atoms. The average Bonchev–Trinajstić information content (AvgIpc) is 2.87. The lowest BCUT2D eigenvalue weighted by molar-refractivity contribution is -0.274. The van der Waals surface area contributed by atoms with Crippen molar-refractivity contribution in [3.8, 4) is 17.2 Å². The summed E-state index contributed by atoms with van der Waals surface area (Å²) < 4.78 is 58.1. The Morgan fingerprint density at radius 3 is 2.33 bits per heavy atom. The number of amides is 2. The molecule has 2 amide bonds. The number of hydrogen-bond acceptors (Lipinski definition) is 6. The zero-order valence-corrected chi connectivity index (χ0v) is 19.5. The molecular formula is C25H27F3N2O6. The van der Waals surface area contributed by atoms with Crippen molar-refractivity contribution in [2.45, 2.75) is 25.3 Å². The molecule has 2 heterocycles. The minimum absolute atomic E-state index is 0.164. The van der Waals surface area contributed by atoms with E-state index in [9.17, 15) is 22.8 Å². The van der Waals surface area contributed by atoms with E-state index in [2.05, 4.69) is 4.74 Å². The van der Waals surface area contributed by atoms with Crippen LogP contribution in [-0.4, -0.2) is 80.1 Å². The number of carbonyl (C=O) groups is 2. The highest BCUT2D eigenvalue weighted by Gasteiger charge is 2.31. The Balaban J connectivity index is 1.30. The Hall–Kier alpha value is -3.47. The molecule has 194 valence electrons. The lowest BCUT2D eigenvalue weighted by Gasteiger charge is -2.32. The topological polar surface area (TPSA) is 77.5 Å². The molecule has 0 saturated carbocycles. The van der Waals surface area contributed by atoms with Gasteiger partial charge in [0, 0.05) is 45.1 Å². The van der Waals surface area contributed by atoms with Gasteiger partial charge >= 0.3 is 6.36 Å². The van der Waals surface area contributed by atoms with Crippen LogP contribution < -0.4 is 14.2 Å². The van der Waals surface area contributed by atoms with Crippen LogP contribution in [0, 0.1) is 0 Å². The van der Waals surface area contributed by atoms with Crippen LogP contribution in [0.4, 0.5) is 13.2 Å². The van der Waals surface area contributed by atoms with Gasteiger partial charge in [-0.15, -0.1) is 13.2 Å². The molecule has 4 rings (SSSR count). The van der Waals surface area contributed by atoms with Gasteiger partial charge in [0.05, 0.1) is 18.8 Å². The first kappa shape index (κ1) is 25.6. The Morgan fingerprint density at radius 1 is 0.917 bits per heavy atom. The molecule has 2 aliphatic rings. The summed E-state index contributed by atoms with van der Waals surface area (Å²) in [5.74, 6) is -0.128. The van der Waals surface area contributed by atoms with Crippen LogP contribution in [0.3, 0.4) is 0 Å². The van der Waals surface area contributed by atoms with E-state index in [1.807, 2.05) is 0 Å². The molecule has 36 heavy (non-hydrogen) atoms. The first-order valence-corrected chi connectivity index (χ1v) is 11.7. The van der Waals surface area contributed by atoms with Gasteiger partial charge < -0.3 is 28.7 Å². The summed E-state index contributed by atoms with van der Waals surface area (Å²) in [5.41, 5.74) is 0.364. The van der Waals surface area contributed by atoms with Crippen LogP contribution in [-0.2, 0) is 9.53 Å². The number of alkyl halides is 3. The second kappa shape index (κ2) is 11.5. The van der Waals surface area contributed by atoms with Crippen LogP contribution in [0.15, 0.2) is 48.5 Å². The summed E-state index contributed by atoms with van der Waals surface area (Å²) in [7, 11) is 0. The number of likely N-dealkylation sites (tertiary alicyclic amines) is 1. The van der Waals surface area contributed by atoms with Gasteiger partial charge in [-0.3, -0.25) is 9.59 Å². The maximum absolute atomic E-state index is 13.2. The average molecular weight is 508 g/mol. The fourth-order valence-electron chi connectivity index (χ4n) is 4.10.